The molecule has 0 bridgehead atoms. The fourth-order valence-corrected chi connectivity index (χ4v) is 2.58. The van der Waals surface area contributed by atoms with Gasteiger partial charge < -0.3 is 24.6 Å². The molecule has 0 aromatic rings. The van der Waals surface area contributed by atoms with E-state index in [2.05, 4.69) is 17.3 Å². The molecule has 0 aromatic heterocycles. The van der Waals surface area contributed by atoms with Gasteiger partial charge in [0.25, 0.3) is 0 Å². The van der Waals surface area contributed by atoms with Gasteiger partial charge in [-0.25, -0.2) is 4.79 Å². The fraction of sp³-hybridized carbons (Fsp3) is 0.941. The Balaban J connectivity index is 2.11. The van der Waals surface area contributed by atoms with E-state index in [0.29, 0.717) is 5.92 Å². The van der Waals surface area contributed by atoms with Crippen LogP contribution in [-0.4, -0.2) is 81.5 Å². The Labute approximate surface area is 141 Å². The van der Waals surface area contributed by atoms with Crippen molar-refractivity contribution in [2.24, 2.45) is 5.92 Å². The second-order valence-electron chi connectivity index (χ2n) is 7.41. The van der Waals surface area contributed by atoms with Crippen LogP contribution in [0.25, 0.3) is 0 Å². The number of methoxy groups -OCH3 is 1. The molecular formula is C17H35N3O3. The van der Waals surface area contributed by atoms with Crippen molar-refractivity contribution in [3.63, 3.8) is 0 Å². The van der Waals surface area contributed by atoms with Crippen molar-refractivity contribution in [2.75, 3.05) is 60.0 Å². The molecule has 1 aliphatic rings. The maximum absolute atomic E-state index is 12.0. The predicted molar refractivity (Wildman–Crippen MR) is 92.8 cm³/mol. The van der Waals surface area contributed by atoms with Crippen LogP contribution in [-0.2, 0) is 9.47 Å². The van der Waals surface area contributed by atoms with Gasteiger partial charge in [0.15, 0.2) is 0 Å². The Morgan fingerprint density at radius 2 is 1.91 bits per heavy atom. The number of rotatable bonds is 8. The summed E-state index contributed by atoms with van der Waals surface area (Å²) in [5.74, 6) is 0.651. The van der Waals surface area contributed by atoms with Crippen molar-refractivity contribution in [1.82, 2.24) is 15.1 Å². The van der Waals surface area contributed by atoms with Gasteiger partial charge >= 0.3 is 6.09 Å². The summed E-state index contributed by atoms with van der Waals surface area (Å²) < 4.78 is 10.5. The molecule has 0 spiro atoms. The molecule has 1 N–H and O–H groups in total. The highest BCUT2D eigenvalue weighted by Crippen LogP contribution is 2.19. The summed E-state index contributed by atoms with van der Waals surface area (Å²) in [5.41, 5.74) is -0.412. The molecule has 0 atom stereocenters. The van der Waals surface area contributed by atoms with Gasteiger partial charge in [0.1, 0.15) is 5.60 Å². The Kier molecular flexibility index (Phi) is 8.87. The van der Waals surface area contributed by atoms with Gasteiger partial charge in [-0.2, -0.15) is 0 Å². The van der Waals surface area contributed by atoms with Crippen LogP contribution >= 0.6 is 0 Å². The van der Waals surface area contributed by atoms with Crippen molar-refractivity contribution in [1.29, 1.82) is 0 Å². The van der Waals surface area contributed by atoms with Gasteiger partial charge in [0.05, 0.1) is 6.61 Å². The molecule has 0 unspecified atom stereocenters. The number of nitrogens with zero attached hydrogens (tertiary/aromatic N) is 2. The van der Waals surface area contributed by atoms with Crippen LogP contribution in [0.5, 0.6) is 0 Å². The highest BCUT2D eigenvalue weighted by Gasteiger charge is 2.26. The van der Waals surface area contributed by atoms with E-state index in [1.54, 1.807) is 7.11 Å². The first kappa shape index (κ1) is 20.2. The zero-order valence-corrected chi connectivity index (χ0v) is 15.6. The van der Waals surface area contributed by atoms with Gasteiger partial charge in [-0.3, -0.25) is 0 Å². The van der Waals surface area contributed by atoms with Gasteiger partial charge in [-0.05, 0) is 53.1 Å². The third-order valence-corrected chi connectivity index (χ3v) is 4.05. The lowest BCUT2D eigenvalue weighted by atomic mass is 9.97. The van der Waals surface area contributed by atoms with Crippen molar-refractivity contribution < 1.29 is 14.3 Å². The minimum absolute atomic E-state index is 0.177. The molecule has 6 nitrogen and oxygen atoms in total. The van der Waals surface area contributed by atoms with Crippen LogP contribution in [0, 0.1) is 5.92 Å². The molecule has 1 amide bonds. The number of piperidine rings is 1. The first-order chi connectivity index (χ1) is 10.8. The smallest absolute Gasteiger partial charge is 0.410 e. The van der Waals surface area contributed by atoms with Gasteiger partial charge in [-0.15, -0.1) is 0 Å². The highest BCUT2D eigenvalue weighted by atomic mass is 16.6. The molecule has 0 aromatic carbocycles. The number of likely N-dealkylation sites (N-methyl/N-ethyl adjacent to an activating group) is 1. The average Bonchev–Trinajstić information content (AvgIpc) is 2.48. The Morgan fingerprint density at radius 1 is 1.26 bits per heavy atom. The van der Waals surface area contributed by atoms with Crippen molar-refractivity contribution in [3.05, 3.63) is 0 Å². The largest absolute Gasteiger partial charge is 0.444 e. The Morgan fingerprint density at radius 3 is 2.48 bits per heavy atom. The number of hydrogen-bond acceptors (Lipinski definition) is 5. The normalized spacial score (nSPS) is 16.9. The molecule has 6 heteroatoms. The molecule has 1 saturated heterocycles. The number of hydrogen-bond donors (Lipinski definition) is 1. The standard InChI is InChI=1S/C17H35N3O3/c1-17(2,3)23-16(21)20-9-6-15(7-10-20)14-18-8-11-19(4)12-13-22-5/h15,18H,6-14H2,1-5H3. The first-order valence-corrected chi connectivity index (χ1v) is 8.68. The second-order valence-corrected chi connectivity index (χ2v) is 7.41. The lowest BCUT2D eigenvalue weighted by molar-refractivity contribution is 0.0184. The van der Waals surface area contributed by atoms with E-state index in [4.69, 9.17) is 9.47 Å². The number of carbonyl (C=O) groups is 1. The molecule has 0 aliphatic carbocycles. The summed E-state index contributed by atoms with van der Waals surface area (Å²) in [4.78, 5) is 16.1. The molecule has 0 radical (unpaired) electrons. The lowest BCUT2D eigenvalue weighted by Gasteiger charge is -2.33. The van der Waals surface area contributed by atoms with Gasteiger partial charge in [0.2, 0.25) is 0 Å². The van der Waals surface area contributed by atoms with E-state index < -0.39 is 5.60 Å². The fourth-order valence-electron chi connectivity index (χ4n) is 2.58. The van der Waals surface area contributed by atoms with Crippen molar-refractivity contribution in [2.45, 2.75) is 39.2 Å². The molecule has 1 rings (SSSR count). The number of amides is 1. The molecule has 1 heterocycles. The van der Waals surface area contributed by atoms with E-state index in [0.717, 1.165) is 58.7 Å². The van der Waals surface area contributed by atoms with Crippen LogP contribution in [0.3, 0.4) is 0 Å². The second kappa shape index (κ2) is 10.1. The monoisotopic (exact) mass is 329 g/mol. The van der Waals surface area contributed by atoms with E-state index >= 15 is 0 Å². The third-order valence-electron chi connectivity index (χ3n) is 4.05. The molecular weight excluding hydrogens is 294 g/mol. The average molecular weight is 329 g/mol. The van der Waals surface area contributed by atoms with E-state index in [1.165, 1.54) is 0 Å². The van der Waals surface area contributed by atoms with Gasteiger partial charge in [-0.1, -0.05) is 0 Å². The Bertz CT molecular complexity index is 336. The summed E-state index contributed by atoms with van der Waals surface area (Å²) in [7, 11) is 3.84. The van der Waals surface area contributed by atoms with Crippen molar-refractivity contribution >= 4 is 6.09 Å². The maximum Gasteiger partial charge on any atom is 0.410 e. The zero-order valence-electron chi connectivity index (χ0n) is 15.6. The van der Waals surface area contributed by atoms with Crippen molar-refractivity contribution in [3.8, 4) is 0 Å². The van der Waals surface area contributed by atoms with E-state index in [-0.39, 0.29) is 6.09 Å². The predicted octanol–water partition coefficient (Wildman–Crippen LogP) is 1.80. The summed E-state index contributed by atoms with van der Waals surface area (Å²) >= 11 is 0. The molecule has 136 valence electrons. The summed E-state index contributed by atoms with van der Waals surface area (Å²) in [6, 6.07) is 0. The topological polar surface area (TPSA) is 54.0 Å². The van der Waals surface area contributed by atoms with E-state index in [1.807, 2.05) is 25.7 Å². The van der Waals surface area contributed by atoms with Crippen LogP contribution in [0.2, 0.25) is 0 Å². The Hall–Kier alpha value is -0.850. The summed E-state index contributed by atoms with van der Waals surface area (Å²) in [6.45, 7) is 12.1. The van der Waals surface area contributed by atoms with Crippen LogP contribution in [0.15, 0.2) is 0 Å². The number of ether oxygens (including phenoxy) is 2. The molecule has 0 saturated carbocycles. The molecule has 23 heavy (non-hydrogen) atoms. The number of nitrogens with one attached hydrogen (secondary N) is 1. The highest BCUT2D eigenvalue weighted by molar-refractivity contribution is 5.68. The van der Waals surface area contributed by atoms with Crippen LogP contribution in [0.1, 0.15) is 33.6 Å². The van der Waals surface area contributed by atoms with Crippen LogP contribution in [0.4, 0.5) is 4.79 Å². The van der Waals surface area contributed by atoms with Gasteiger partial charge in [0, 0.05) is 39.8 Å². The molecule has 1 aliphatic heterocycles. The minimum Gasteiger partial charge on any atom is -0.444 e. The summed E-state index contributed by atoms with van der Waals surface area (Å²) in [5, 5.41) is 3.53. The quantitative estimate of drug-likeness (QED) is 0.688. The maximum atomic E-state index is 12.0. The third kappa shape index (κ3) is 9.13. The first-order valence-electron chi connectivity index (χ1n) is 8.68. The SMILES string of the molecule is COCCN(C)CCNCC1CCN(C(=O)OC(C)(C)C)CC1. The number of likely N-dealkylation sites (tertiary alicyclic amines) is 1. The number of carbonyl (C=O) groups excluding carboxylic acids is 1. The minimum atomic E-state index is -0.412. The lowest BCUT2D eigenvalue weighted by Crippen LogP contribution is -2.43. The molecule has 1 fully saturated rings. The van der Waals surface area contributed by atoms with E-state index in [9.17, 15) is 4.79 Å². The van der Waals surface area contributed by atoms with Crippen LogP contribution < -0.4 is 5.32 Å². The zero-order chi connectivity index (χ0) is 17.3. The summed E-state index contributed by atoms with van der Waals surface area (Å²) in [6.07, 6.45) is 1.92.